The molecular weight excluding hydrogens is 272 g/mol. The van der Waals surface area contributed by atoms with Gasteiger partial charge in [0, 0.05) is 20.0 Å². The molecule has 2 amide bonds. The summed E-state index contributed by atoms with van der Waals surface area (Å²) in [5, 5.41) is 12.5. The molecule has 2 N–H and O–H groups in total. The Balaban J connectivity index is 1.93. The number of carbonyl (C=O) groups excluding carboxylic acids is 2. The average Bonchev–Trinajstić information content (AvgIpc) is 2.80. The van der Waals surface area contributed by atoms with E-state index in [1.54, 1.807) is 12.0 Å². The number of carbonyl (C=O) groups is 2. The molecule has 1 saturated heterocycles. The average molecular weight is 292 g/mol. The number of rotatable bonds is 4. The lowest BCUT2D eigenvalue weighted by Crippen LogP contribution is -2.42. The number of methoxy groups -OCH3 is 1. The smallest absolute Gasteiger partial charge is 0.227 e. The van der Waals surface area contributed by atoms with E-state index in [9.17, 15) is 14.7 Å². The molecule has 0 aliphatic carbocycles. The van der Waals surface area contributed by atoms with E-state index in [0.29, 0.717) is 6.54 Å². The molecule has 1 aliphatic heterocycles. The zero-order valence-electron chi connectivity index (χ0n) is 12.2. The predicted octanol–water partition coefficient (Wildman–Crippen LogP) is -0.0545. The van der Waals surface area contributed by atoms with Crippen LogP contribution in [0.3, 0.4) is 0 Å². The second-order valence-electron chi connectivity index (χ2n) is 5.20. The number of likely N-dealkylation sites (tertiary alicyclic amines) is 1. The lowest BCUT2D eigenvalue weighted by Gasteiger charge is -2.16. The number of hydrogen-bond acceptors (Lipinski definition) is 4. The molecule has 0 bridgehead atoms. The van der Waals surface area contributed by atoms with Crippen LogP contribution in [0, 0.1) is 0 Å². The van der Waals surface area contributed by atoms with Gasteiger partial charge in [-0.2, -0.15) is 0 Å². The second kappa shape index (κ2) is 6.58. The Hall–Kier alpha value is -2.08. The van der Waals surface area contributed by atoms with E-state index < -0.39 is 6.10 Å². The fourth-order valence-electron chi connectivity index (χ4n) is 2.42. The molecule has 1 aromatic rings. The summed E-state index contributed by atoms with van der Waals surface area (Å²) in [4.78, 5) is 24.8. The van der Waals surface area contributed by atoms with Gasteiger partial charge in [0.1, 0.15) is 5.75 Å². The Kier molecular flexibility index (Phi) is 4.80. The third kappa shape index (κ3) is 3.95. The molecule has 6 nitrogen and oxygen atoms in total. The van der Waals surface area contributed by atoms with Gasteiger partial charge in [0.2, 0.25) is 11.8 Å². The van der Waals surface area contributed by atoms with Crippen LogP contribution < -0.4 is 10.1 Å². The highest BCUT2D eigenvalue weighted by Crippen LogP contribution is 2.15. The van der Waals surface area contributed by atoms with Crippen LogP contribution >= 0.6 is 0 Å². The van der Waals surface area contributed by atoms with Crippen LogP contribution in [0.25, 0.3) is 0 Å². The van der Waals surface area contributed by atoms with Crippen molar-refractivity contribution in [1.82, 2.24) is 10.2 Å². The molecule has 0 aromatic heterocycles. The van der Waals surface area contributed by atoms with Gasteiger partial charge in [-0.25, -0.2) is 0 Å². The first-order valence-corrected chi connectivity index (χ1v) is 6.85. The standard InChI is InChI=1S/C15H20N2O4/c1-10(18)16-13-8-17(9-14(13)19)15(20)7-11-3-5-12(21-2)6-4-11/h3-6,13-14,19H,7-9H2,1-2H3,(H,16,18)/t13-,14-/m1/s1. The van der Waals surface area contributed by atoms with Gasteiger partial charge in [-0.3, -0.25) is 9.59 Å². The molecule has 0 saturated carbocycles. The molecule has 0 radical (unpaired) electrons. The minimum absolute atomic E-state index is 0.0629. The van der Waals surface area contributed by atoms with Crippen molar-refractivity contribution in [2.24, 2.45) is 0 Å². The number of nitrogens with one attached hydrogen (secondary N) is 1. The van der Waals surface area contributed by atoms with Crippen molar-refractivity contribution in [3.05, 3.63) is 29.8 Å². The van der Waals surface area contributed by atoms with Gasteiger partial charge in [0.05, 0.1) is 25.7 Å². The quantitative estimate of drug-likeness (QED) is 0.815. The van der Waals surface area contributed by atoms with E-state index in [1.807, 2.05) is 24.3 Å². The monoisotopic (exact) mass is 292 g/mol. The molecule has 1 fully saturated rings. The van der Waals surface area contributed by atoms with E-state index >= 15 is 0 Å². The highest BCUT2D eigenvalue weighted by molar-refractivity contribution is 5.79. The molecule has 0 unspecified atom stereocenters. The maximum Gasteiger partial charge on any atom is 0.227 e. The zero-order chi connectivity index (χ0) is 15.4. The molecule has 114 valence electrons. The Labute approximate surface area is 123 Å². The topological polar surface area (TPSA) is 78.9 Å². The molecule has 1 heterocycles. The normalized spacial score (nSPS) is 21.2. The first-order valence-electron chi connectivity index (χ1n) is 6.85. The molecule has 6 heteroatoms. The first-order chi connectivity index (χ1) is 9.99. The van der Waals surface area contributed by atoms with E-state index in [2.05, 4.69) is 5.32 Å². The van der Waals surface area contributed by atoms with Gasteiger partial charge < -0.3 is 20.1 Å². The fourth-order valence-corrected chi connectivity index (χ4v) is 2.42. The van der Waals surface area contributed by atoms with Crippen LogP contribution in [-0.4, -0.2) is 54.2 Å². The van der Waals surface area contributed by atoms with Gasteiger partial charge in [0.15, 0.2) is 0 Å². The minimum Gasteiger partial charge on any atom is -0.497 e. The lowest BCUT2D eigenvalue weighted by atomic mass is 10.1. The highest BCUT2D eigenvalue weighted by Gasteiger charge is 2.34. The number of hydrogen-bond donors (Lipinski definition) is 2. The summed E-state index contributed by atoms with van der Waals surface area (Å²) in [5.74, 6) is 0.476. The van der Waals surface area contributed by atoms with Gasteiger partial charge in [-0.1, -0.05) is 12.1 Å². The molecule has 1 aliphatic rings. The van der Waals surface area contributed by atoms with Crippen molar-refractivity contribution in [2.75, 3.05) is 20.2 Å². The summed E-state index contributed by atoms with van der Waals surface area (Å²) in [7, 11) is 1.59. The van der Waals surface area contributed by atoms with E-state index in [1.165, 1.54) is 6.92 Å². The van der Waals surface area contributed by atoms with Gasteiger partial charge in [0.25, 0.3) is 0 Å². The van der Waals surface area contributed by atoms with Gasteiger partial charge >= 0.3 is 0 Å². The summed E-state index contributed by atoms with van der Waals surface area (Å²) in [6.07, 6.45) is -0.447. The molecule has 21 heavy (non-hydrogen) atoms. The second-order valence-corrected chi connectivity index (χ2v) is 5.20. The van der Waals surface area contributed by atoms with Crippen molar-refractivity contribution in [3.63, 3.8) is 0 Å². The maximum atomic E-state index is 12.2. The van der Waals surface area contributed by atoms with E-state index in [4.69, 9.17) is 4.74 Å². The van der Waals surface area contributed by atoms with Crippen LogP contribution in [0.1, 0.15) is 12.5 Å². The van der Waals surface area contributed by atoms with Crippen molar-refractivity contribution in [2.45, 2.75) is 25.5 Å². The number of aliphatic hydroxyl groups is 1. The first kappa shape index (κ1) is 15.3. The number of aliphatic hydroxyl groups excluding tert-OH is 1. The van der Waals surface area contributed by atoms with Crippen LogP contribution in [-0.2, 0) is 16.0 Å². The van der Waals surface area contributed by atoms with E-state index in [0.717, 1.165) is 11.3 Å². The largest absolute Gasteiger partial charge is 0.497 e. The van der Waals surface area contributed by atoms with Crippen LogP contribution in [0.15, 0.2) is 24.3 Å². The van der Waals surface area contributed by atoms with Crippen molar-refractivity contribution >= 4 is 11.8 Å². The molecule has 1 aromatic carbocycles. The zero-order valence-corrected chi connectivity index (χ0v) is 12.2. The molecule has 2 rings (SSSR count). The summed E-state index contributed by atoms with van der Waals surface area (Å²) < 4.78 is 5.07. The predicted molar refractivity (Wildman–Crippen MR) is 76.9 cm³/mol. The number of β-amino-alcohol motifs (C(OH)–C–C–N with tert-alkyl or cyclic N) is 1. The summed E-state index contributed by atoms with van der Waals surface area (Å²) >= 11 is 0. The van der Waals surface area contributed by atoms with Crippen molar-refractivity contribution < 1.29 is 19.4 Å². The Morgan fingerprint density at radius 2 is 2.00 bits per heavy atom. The van der Waals surface area contributed by atoms with Crippen LogP contribution in [0.5, 0.6) is 5.75 Å². The van der Waals surface area contributed by atoms with Crippen molar-refractivity contribution in [1.29, 1.82) is 0 Å². The third-order valence-electron chi connectivity index (χ3n) is 3.54. The number of benzene rings is 1. The Bertz CT molecular complexity index is 515. The maximum absolute atomic E-state index is 12.2. The van der Waals surface area contributed by atoms with Crippen LogP contribution in [0.4, 0.5) is 0 Å². The van der Waals surface area contributed by atoms with Crippen LogP contribution in [0.2, 0.25) is 0 Å². The number of amides is 2. The summed E-state index contributed by atoms with van der Waals surface area (Å²) in [5.41, 5.74) is 0.887. The lowest BCUT2D eigenvalue weighted by molar-refractivity contribution is -0.130. The van der Waals surface area contributed by atoms with Crippen molar-refractivity contribution in [3.8, 4) is 5.75 Å². The SMILES string of the molecule is COc1ccc(CC(=O)N2C[C@@H](O)[C@H](NC(C)=O)C2)cc1. The molecule has 2 atom stereocenters. The van der Waals surface area contributed by atoms with Gasteiger partial charge in [-0.05, 0) is 17.7 Å². The van der Waals surface area contributed by atoms with Gasteiger partial charge in [-0.15, -0.1) is 0 Å². The highest BCUT2D eigenvalue weighted by atomic mass is 16.5. The number of ether oxygens (including phenoxy) is 1. The van der Waals surface area contributed by atoms with E-state index in [-0.39, 0.29) is 30.8 Å². The Morgan fingerprint density at radius 3 is 2.57 bits per heavy atom. The summed E-state index contributed by atoms with van der Waals surface area (Å²) in [6, 6.07) is 6.91. The Morgan fingerprint density at radius 1 is 1.33 bits per heavy atom. The summed E-state index contributed by atoms with van der Waals surface area (Å²) in [6.45, 7) is 1.99. The molecular formula is C15H20N2O4. The number of nitrogens with zero attached hydrogens (tertiary/aromatic N) is 1. The molecule has 0 spiro atoms. The third-order valence-corrected chi connectivity index (χ3v) is 3.54. The minimum atomic E-state index is -0.714. The fraction of sp³-hybridized carbons (Fsp3) is 0.467.